The lowest BCUT2D eigenvalue weighted by Gasteiger charge is -2.25. The fraction of sp³-hybridized carbons (Fsp3) is 0.917. The van der Waals surface area contributed by atoms with Crippen LogP contribution in [0.5, 0.6) is 0 Å². The van der Waals surface area contributed by atoms with Crippen LogP contribution in [0.3, 0.4) is 0 Å². The Kier molecular flexibility index (Phi) is 7.85. The number of likely N-dealkylation sites (N-methyl/N-ethyl adjacent to an activating group) is 1. The second kappa shape index (κ2) is 7.96. The SMILES string of the molecule is CCNC(C)(CCCSC(C)CC)C(=O)O. The molecule has 0 heterocycles. The largest absolute Gasteiger partial charge is 0.480 e. The minimum atomic E-state index is -0.759. The first-order chi connectivity index (χ1) is 7.46. The van der Waals surface area contributed by atoms with Gasteiger partial charge in [-0.1, -0.05) is 20.8 Å². The summed E-state index contributed by atoms with van der Waals surface area (Å²) in [7, 11) is 0. The van der Waals surface area contributed by atoms with Crippen molar-refractivity contribution in [3.05, 3.63) is 0 Å². The molecule has 0 aliphatic heterocycles. The second-order valence-corrected chi connectivity index (χ2v) is 5.91. The highest BCUT2D eigenvalue weighted by molar-refractivity contribution is 7.99. The molecule has 2 N–H and O–H groups in total. The van der Waals surface area contributed by atoms with E-state index in [1.54, 1.807) is 6.92 Å². The summed E-state index contributed by atoms with van der Waals surface area (Å²) in [6.07, 6.45) is 2.82. The molecular weight excluding hydrogens is 222 g/mol. The summed E-state index contributed by atoms with van der Waals surface area (Å²) in [6.45, 7) is 8.80. The average molecular weight is 247 g/mol. The third-order valence-electron chi connectivity index (χ3n) is 2.84. The number of hydrogen-bond donors (Lipinski definition) is 2. The number of aliphatic carboxylic acids is 1. The van der Waals surface area contributed by atoms with Crippen LogP contribution in [0.1, 0.15) is 47.0 Å². The zero-order chi connectivity index (χ0) is 12.6. The zero-order valence-electron chi connectivity index (χ0n) is 10.9. The summed E-state index contributed by atoms with van der Waals surface area (Å²) in [6, 6.07) is 0. The van der Waals surface area contributed by atoms with Gasteiger partial charge < -0.3 is 10.4 Å². The van der Waals surface area contributed by atoms with E-state index in [0.717, 1.165) is 12.2 Å². The van der Waals surface area contributed by atoms with Crippen LogP contribution in [0.15, 0.2) is 0 Å². The molecule has 4 heteroatoms. The van der Waals surface area contributed by atoms with Gasteiger partial charge in [0.15, 0.2) is 0 Å². The molecule has 0 aliphatic rings. The number of rotatable bonds is 9. The van der Waals surface area contributed by atoms with Gasteiger partial charge in [0.25, 0.3) is 0 Å². The summed E-state index contributed by atoms with van der Waals surface area (Å²) in [5.41, 5.74) is -0.759. The molecule has 0 amide bonds. The highest BCUT2D eigenvalue weighted by atomic mass is 32.2. The predicted molar refractivity (Wildman–Crippen MR) is 71.2 cm³/mol. The van der Waals surface area contributed by atoms with Gasteiger partial charge in [0.2, 0.25) is 0 Å². The maximum Gasteiger partial charge on any atom is 0.323 e. The van der Waals surface area contributed by atoms with Crippen molar-refractivity contribution in [2.45, 2.75) is 57.7 Å². The molecule has 0 bridgehead atoms. The number of hydrogen-bond acceptors (Lipinski definition) is 3. The molecular formula is C12H25NO2S. The molecule has 0 saturated carbocycles. The van der Waals surface area contributed by atoms with E-state index in [1.165, 1.54) is 6.42 Å². The van der Waals surface area contributed by atoms with E-state index in [1.807, 2.05) is 18.7 Å². The fourth-order valence-electron chi connectivity index (χ4n) is 1.49. The van der Waals surface area contributed by atoms with Crippen molar-refractivity contribution in [2.75, 3.05) is 12.3 Å². The van der Waals surface area contributed by atoms with Gasteiger partial charge in [-0.25, -0.2) is 0 Å². The van der Waals surface area contributed by atoms with Crippen LogP contribution in [0.4, 0.5) is 0 Å². The first kappa shape index (κ1) is 15.8. The first-order valence-corrected chi connectivity index (χ1v) is 7.11. The van der Waals surface area contributed by atoms with Crippen LogP contribution in [-0.2, 0) is 4.79 Å². The van der Waals surface area contributed by atoms with Gasteiger partial charge in [0, 0.05) is 5.25 Å². The van der Waals surface area contributed by atoms with Crippen LogP contribution < -0.4 is 5.32 Å². The minimum absolute atomic E-state index is 0.676. The van der Waals surface area contributed by atoms with Crippen molar-refractivity contribution in [1.29, 1.82) is 0 Å². The topological polar surface area (TPSA) is 49.3 Å². The highest BCUT2D eigenvalue weighted by Crippen LogP contribution is 2.19. The minimum Gasteiger partial charge on any atom is -0.480 e. The quantitative estimate of drug-likeness (QED) is 0.615. The molecule has 2 atom stereocenters. The Morgan fingerprint density at radius 1 is 1.50 bits per heavy atom. The first-order valence-electron chi connectivity index (χ1n) is 6.06. The smallest absolute Gasteiger partial charge is 0.323 e. The second-order valence-electron chi connectivity index (χ2n) is 4.36. The van der Waals surface area contributed by atoms with E-state index in [-0.39, 0.29) is 0 Å². The molecule has 16 heavy (non-hydrogen) atoms. The number of carboxylic acids is 1. The predicted octanol–water partition coefficient (Wildman–Crippen LogP) is 2.75. The van der Waals surface area contributed by atoms with Crippen LogP contribution in [0.25, 0.3) is 0 Å². The van der Waals surface area contributed by atoms with Crippen molar-refractivity contribution in [3.63, 3.8) is 0 Å². The monoisotopic (exact) mass is 247 g/mol. The van der Waals surface area contributed by atoms with Gasteiger partial charge in [0.05, 0.1) is 0 Å². The van der Waals surface area contributed by atoms with Crippen LogP contribution in [0.2, 0.25) is 0 Å². The molecule has 0 fully saturated rings. The molecule has 0 saturated heterocycles. The highest BCUT2D eigenvalue weighted by Gasteiger charge is 2.30. The molecule has 96 valence electrons. The fourth-order valence-corrected chi connectivity index (χ4v) is 2.44. The Hall–Kier alpha value is -0.220. The summed E-state index contributed by atoms with van der Waals surface area (Å²) < 4.78 is 0. The van der Waals surface area contributed by atoms with Gasteiger partial charge in [-0.3, -0.25) is 4.79 Å². The molecule has 0 radical (unpaired) electrons. The van der Waals surface area contributed by atoms with Gasteiger partial charge >= 0.3 is 5.97 Å². The Bertz CT molecular complexity index is 211. The maximum atomic E-state index is 11.1. The van der Waals surface area contributed by atoms with Gasteiger partial charge in [-0.15, -0.1) is 0 Å². The summed E-state index contributed by atoms with van der Waals surface area (Å²) >= 11 is 1.93. The Balaban J connectivity index is 3.90. The molecule has 0 aromatic carbocycles. The van der Waals surface area contributed by atoms with Crippen LogP contribution >= 0.6 is 11.8 Å². The number of carboxylic acid groups (broad SMARTS) is 1. The lowest BCUT2D eigenvalue weighted by atomic mass is 9.96. The number of nitrogens with one attached hydrogen (secondary N) is 1. The van der Waals surface area contributed by atoms with Crippen molar-refractivity contribution in [3.8, 4) is 0 Å². The third-order valence-corrected chi connectivity index (χ3v) is 4.26. The van der Waals surface area contributed by atoms with E-state index in [0.29, 0.717) is 18.2 Å². The van der Waals surface area contributed by atoms with E-state index in [4.69, 9.17) is 5.11 Å². The van der Waals surface area contributed by atoms with Gasteiger partial charge in [0.1, 0.15) is 5.54 Å². The van der Waals surface area contributed by atoms with Crippen LogP contribution in [-0.4, -0.2) is 34.2 Å². The van der Waals surface area contributed by atoms with Crippen LogP contribution in [0, 0.1) is 0 Å². The molecule has 0 aromatic heterocycles. The van der Waals surface area contributed by atoms with Crippen molar-refractivity contribution < 1.29 is 9.90 Å². The molecule has 2 unspecified atom stereocenters. The lowest BCUT2D eigenvalue weighted by molar-refractivity contribution is -0.144. The molecule has 0 aliphatic carbocycles. The van der Waals surface area contributed by atoms with E-state index >= 15 is 0 Å². The number of carbonyl (C=O) groups is 1. The summed E-state index contributed by atoms with van der Waals surface area (Å²) in [4.78, 5) is 11.1. The lowest BCUT2D eigenvalue weighted by Crippen LogP contribution is -2.49. The Morgan fingerprint density at radius 2 is 2.12 bits per heavy atom. The zero-order valence-corrected chi connectivity index (χ0v) is 11.7. The van der Waals surface area contributed by atoms with E-state index in [2.05, 4.69) is 19.2 Å². The molecule has 0 spiro atoms. The third kappa shape index (κ3) is 5.75. The summed E-state index contributed by atoms with van der Waals surface area (Å²) in [5, 5.41) is 12.9. The molecule has 3 nitrogen and oxygen atoms in total. The van der Waals surface area contributed by atoms with Crippen molar-refractivity contribution >= 4 is 17.7 Å². The maximum absolute atomic E-state index is 11.1. The Morgan fingerprint density at radius 3 is 2.56 bits per heavy atom. The summed E-state index contributed by atoms with van der Waals surface area (Å²) in [5.74, 6) is 0.298. The van der Waals surface area contributed by atoms with Crippen molar-refractivity contribution in [2.24, 2.45) is 0 Å². The van der Waals surface area contributed by atoms with E-state index < -0.39 is 11.5 Å². The number of thioether (sulfide) groups is 1. The van der Waals surface area contributed by atoms with E-state index in [9.17, 15) is 4.79 Å². The van der Waals surface area contributed by atoms with Gasteiger partial charge in [-0.2, -0.15) is 11.8 Å². The standard InChI is InChI=1S/C12H25NO2S/c1-5-10(3)16-9-7-8-12(4,11(14)15)13-6-2/h10,13H,5-9H2,1-4H3,(H,14,15). The molecule has 0 rings (SSSR count). The molecule has 0 aromatic rings. The van der Waals surface area contributed by atoms with Crippen molar-refractivity contribution in [1.82, 2.24) is 5.32 Å². The Labute approximate surface area is 103 Å². The van der Waals surface area contributed by atoms with Gasteiger partial charge in [-0.05, 0) is 38.5 Å². The normalized spacial score (nSPS) is 16.8. The average Bonchev–Trinajstić information content (AvgIpc) is 2.24.